The fourth-order valence-electron chi connectivity index (χ4n) is 6.04. The molecule has 2 heterocycles. The molecule has 6 rings (SSSR count). The zero-order valence-corrected chi connectivity index (χ0v) is 22.3. The van der Waals surface area contributed by atoms with Crippen molar-refractivity contribution in [1.29, 1.82) is 0 Å². The normalized spacial score (nSPS) is 20.2. The summed E-state index contributed by atoms with van der Waals surface area (Å²) >= 11 is 6.40. The lowest BCUT2D eigenvalue weighted by atomic mass is 9.77. The molecular weight excluding hydrogens is 513 g/mol. The number of hydrogen-bond donors (Lipinski definition) is 1. The van der Waals surface area contributed by atoms with Gasteiger partial charge < -0.3 is 10.2 Å². The number of rotatable bonds is 6. The third-order valence-electron chi connectivity index (χ3n) is 8.02. The largest absolute Gasteiger partial charge is 0.351 e. The maximum Gasteiger partial charge on any atom is 0.251 e. The third kappa shape index (κ3) is 5.03. The minimum absolute atomic E-state index is 0.0483. The SMILES string of the molecule is [C-]#[N+]c1ccc(N2N=C3c4ccc(C(=O)NCCN5CCCC5)cc4CC[C@@H]3[C@@H]2c2ccc(F)cc2)cc1Cl. The summed E-state index contributed by atoms with van der Waals surface area (Å²) in [7, 11) is 0. The molecule has 0 aromatic heterocycles. The van der Waals surface area contributed by atoms with Crippen molar-refractivity contribution < 1.29 is 9.18 Å². The van der Waals surface area contributed by atoms with Gasteiger partial charge in [-0.15, -0.1) is 0 Å². The van der Waals surface area contributed by atoms with Crippen molar-refractivity contribution in [3.05, 3.63) is 105 Å². The topological polar surface area (TPSA) is 52.3 Å². The molecule has 2 atom stereocenters. The van der Waals surface area contributed by atoms with Gasteiger partial charge in [-0.1, -0.05) is 35.9 Å². The van der Waals surface area contributed by atoms with Crippen LogP contribution in [0, 0.1) is 18.3 Å². The predicted octanol–water partition coefficient (Wildman–Crippen LogP) is 6.38. The first-order valence-electron chi connectivity index (χ1n) is 13.5. The van der Waals surface area contributed by atoms with E-state index >= 15 is 0 Å². The Morgan fingerprint density at radius 2 is 1.90 bits per heavy atom. The number of halogens is 2. The molecule has 1 amide bonds. The molecule has 3 aliphatic rings. The Balaban J connectivity index is 1.29. The number of nitrogens with zero attached hydrogens (tertiary/aromatic N) is 4. The maximum absolute atomic E-state index is 13.8. The summed E-state index contributed by atoms with van der Waals surface area (Å²) in [5.74, 6) is -0.246. The standard InChI is InChI=1S/C31H29ClFN5O/c1-34-28-13-10-24(19-27(28)32)38-30(20-4-8-23(33)9-5-20)26-12-6-21-18-22(7-11-25(21)29(26)36-38)31(39)35-14-17-37-15-2-3-16-37/h4-5,7-11,13,18-19,26,30H,2-3,6,12,14-17H2,(H,35,39)/t26-,30-/m0/s1. The number of benzene rings is 3. The van der Waals surface area contributed by atoms with Crippen molar-refractivity contribution in [3.8, 4) is 0 Å². The minimum atomic E-state index is -0.283. The van der Waals surface area contributed by atoms with Crippen LogP contribution >= 0.6 is 11.6 Å². The van der Waals surface area contributed by atoms with Gasteiger partial charge in [0.05, 0.1) is 24.0 Å². The van der Waals surface area contributed by atoms with Crippen molar-refractivity contribution in [1.82, 2.24) is 10.2 Å². The van der Waals surface area contributed by atoms with E-state index in [4.69, 9.17) is 23.3 Å². The molecule has 1 saturated heterocycles. The van der Waals surface area contributed by atoms with Crippen LogP contribution in [0.15, 0.2) is 65.8 Å². The van der Waals surface area contributed by atoms with Gasteiger partial charge in [0.2, 0.25) is 5.69 Å². The Kier molecular flexibility index (Phi) is 7.07. The van der Waals surface area contributed by atoms with Crippen LogP contribution in [-0.2, 0) is 6.42 Å². The van der Waals surface area contributed by atoms with E-state index < -0.39 is 0 Å². The van der Waals surface area contributed by atoms with Gasteiger partial charge in [0.15, 0.2) is 0 Å². The lowest BCUT2D eigenvalue weighted by Gasteiger charge is -2.31. The highest BCUT2D eigenvalue weighted by atomic mass is 35.5. The van der Waals surface area contributed by atoms with Crippen molar-refractivity contribution in [2.75, 3.05) is 31.2 Å². The average Bonchev–Trinajstić information content (AvgIpc) is 3.61. The van der Waals surface area contributed by atoms with E-state index in [2.05, 4.69) is 15.1 Å². The Hall–Kier alpha value is -3.73. The highest BCUT2D eigenvalue weighted by Crippen LogP contribution is 2.46. The zero-order chi connectivity index (χ0) is 26.9. The van der Waals surface area contributed by atoms with Crippen LogP contribution in [0.4, 0.5) is 15.8 Å². The monoisotopic (exact) mass is 541 g/mol. The minimum Gasteiger partial charge on any atom is -0.351 e. The Bertz CT molecular complexity index is 1480. The lowest BCUT2D eigenvalue weighted by molar-refractivity contribution is 0.0949. The van der Waals surface area contributed by atoms with Crippen LogP contribution < -0.4 is 10.3 Å². The van der Waals surface area contributed by atoms with Crippen molar-refractivity contribution in [2.24, 2.45) is 11.0 Å². The number of hydrogen-bond acceptors (Lipinski definition) is 4. The van der Waals surface area contributed by atoms with Crippen LogP contribution in [0.5, 0.6) is 0 Å². The van der Waals surface area contributed by atoms with Gasteiger partial charge in [-0.2, -0.15) is 5.10 Å². The van der Waals surface area contributed by atoms with Crippen molar-refractivity contribution in [3.63, 3.8) is 0 Å². The molecule has 3 aromatic rings. The van der Waals surface area contributed by atoms with Crippen LogP contribution in [0.3, 0.4) is 0 Å². The molecule has 0 radical (unpaired) electrons. The van der Waals surface area contributed by atoms with Gasteiger partial charge in [0.25, 0.3) is 5.91 Å². The fraction of sp³-hybridized carbons (Fsp3) is 0.323. The van der Waals surface area contributed by atoms with Crippen LogP contribution in [0.1, 0.15) is 52.4 Å². The molecule has 1 fully saturated rings. The van der Waals surface area contributed by atoms with Gasteiger partial charge in [-0.3, -0.25) is 9.80 Å². The second kappa shape index (κ2) is 10.8. The lowest BCUT2D eigenvalue weighted by Crippen LogP contribution is -2.33. The summed E-state index contributed by atoms with van der Waals surface area (Å²) in [6.45, 7) is 11.1. The second-order valence-electron chi connectivity index (χ2n) is 10.4. The van der Waals surface area contributed by atoms with E-state index in [1.54, 1.807) is 12.1 Å². The smallest absolute Gasteiger partial charge is 0.251 e. The molecule has 6 nitrogen and oxygen atoms in total. The van der Waals surface area contributed by atoms with E-state index in [9.17, 15) is 9.18 Å². The predicted molar refractivity (Wildman–Crippen MR) is 152 cm³/mol. The van der Waals surface area contributed by atoms with E-state index in [1.807, 2.05) is 41.4 Å². The number of aryl methyl sites for hydroxylation is 1. The highest BCUT2D eigenvalue weighted by molar-refractivity contribution is 6.33. The zero-order valence-electron chi connectivity index (χ0n) is 21.5. The number of anilines is 1. The summed E-state index contributed by atoms with van der Waals surface area (Å²) in [6.07, 6.45) is 4.14. The van der Waals surface area contributed by atoms with Crippen molar-refractivity contribution >= 4 is 34.6 Å². The summed E-state index contributed by atoms with van der Waals surface area (Å²) in [6, 6.07) is 17.7. The molecular formula is C31H29ClFN5O. The van der Waals surface area contributed by atoms with E-state index in [1.165, 1.54) is 25.0 Å². The molecule has 1 N–H and O–H groups in total. The third-order valence-corrected chi connectivity index (χ3v) is 8.32. The Labute approximate surface area is 232 Å². The van der Waals surface area contributed by atoms with E-state index in [-0.39, 0.29) is 23.7 Å². The van der Waals surface area contributed by atoms with E-state index in [0.29, 0.717) is 22.8 Å². The van der Waals surface area contributed by atoms with Gasteiger partial charge in [-0.25, -0.2) is 9.24 Å². The summed E-state index contributed by atoms with van der Waals surface area (Å²) in [4.78, 5) is 18.7. The first kappa shape index (κ1) is 25.5. The molecule has 2 aliphatic heterocycles. The molecule has 39 heavy (non-hydrogen) atoms. The Morgan fingerprint density at radius 1 is 1.10 bits per heavy atom. The first-order chi connectivity index (χ1) is 19.0. The summed E-state index contributed by atoms with van der Waals surface area (Å²) in [5, 5.41) is 10.5. The van der Waals surface area contributed by atoms with E-state index in [0.717, 1.165) is 60.6 Å². The number of likely N-dealkylation sites (tertiary alicyclic amines) is 1. The quantitative estimate of drug-likeness (QED) is 0.368. The molecule has 3 aromatic carbocycles. The fourth-order valence-corrected chi connectivity index (χ4v) is 6.26. The van der Waals surface area contributed by atoms with Crippen LogP contribution in [0.25, 0.3) is 4.85 Å². The first-order valence-corrected chi connectivity index (χ1v) is 13.8. The number of amides is 1. The summed E-state index contributed by atoms with van der Waals surface area (Å²) < 4.78 is 13.8. The molecule has 1 aliphatic carbocycles. The highest BCUT2D eigenvalue weighted by Gasteiger charge is 2.42. The van der Waals surface area contributed by atoms with Crippen molar-refractivity contribution in [2.45, 2.75) is 31.7 Å². The number of nitrogens with one attached hydrogen (secondary N) is 1. The van der Waals surface area contributed by atoms with Gasteiger partial charge in [0, 0.05) is 35.2 Å². The van der Waals surface area contributed by atoms with Crippen LogP contribution in [0.2, 0.25) is 5.02 Å². The molecule has 0 spiro atoms. The van der Waals surface area contributed by atoms with Gasteiger partial charge in [0.1, 0.15) is 5.82 Å². The Morgan fingerprint density at radius 3 is 2.64 bits per heavy atom. The molecule has 0 saturated carbocycles. The number of fused-ring (bicyclic) bond motifs is 3. The molecule has 0 bridgehead atoms. The summed E-state index contributed by atoms with van der Waals surface area (Å²) in [5.41, 5.74) is 5.90. The molecule has 0 unspecified atom stereocenters. The number of carbonyl (C=O) groups is 1. The number of carbonyl (C=O) groups excluding carboxylic acids is 1. The average molecular weight is 542 g/mol. The molecule has 198 valence electrons. The van der Waals surface area contributed by atoms with Gasteiger partial charge >= 0.3 is 0 Å². The second-order valence-corrected chi connectivity index (χ2v) is 10.8. The van der Waals surface area contributed by atoms with Gasteiger partial charge in [-0.05, 0) is 86.3 Å². The van der Waals surface area contributed by atoms with Crippen LogP contribution in [-0.4, -0.2) is 42.7 Å². The molecule has 8 heteroatoms. The number of hydrazone groups is 1. The maximum atomic E-state index is 13.8.